The van der Waals surface area contributed by atoms with Crippen molar-refractivity contribution in [2.75, 3.05) is 14.2 Å². The number of benzene rings is 1. The number of hydrogen-bond acceptors (Lipinski definition) is 9. The van der Waals surface area contributed by atoms with Crippen LogP contribution in [0.25, 0.3) is 0 Å². The number of nitrogens with two attached hydrogens (primary N) is 1. The molecule has 35 heavy (non-hydrogen) atoms. The Kier molecular flexibility index (Phi) is 10.3. The second-order valence-electron chi connectivity index (χ2n) is 8.64. The van der Waals surface area contributed by atoms with E-state index in [1.807, 2.05) is 45.2 Å². The lowest BCUT2D eigenvalue weighted by Gasteiger charge is -2.28. The zero-order valence-corrected chi connectivity index (χ0v) is 22.3. The number of carbonyl (C=O) groups is 1. The van der Waals surface area contributed by atoms with E-state index in [2.05, 4.69) is 9.98 Å². The number of carbonyl (C=O) groups excluding carboxylic acids is 1. The predicted molar refractivity (Wildman–Crippen MR) is 140 cm³/mol. The fourth-order valence-corrected chi connectivity index (χ4v) is 3.51. The Balaban J connectivity index is 2.45. The van der Waals surface area contributed by atoms with E-state index in [9.17, 15) is 4.79 Å². The van der Waals surface area contributed by atoms with Crippen LogP contribution in [0.4, 0.5) is 4.79 Å². The van der Waals surface area contributed by atoms with Crippen LogP contribution in [0, 0.1) is 0 Å². The number of allylic oxidation sites excluding steroid dienone is 2. The van der Waals surface area contributed by atoms with Gasteiger partial charge in [-0.25, -0.2) is 14.8 Å². The zero-order chi connectivity index (χ0) is 26.0. The lowest BCUT2D eigenvalue weighted by molar-refractivity contribution is 0.0355. The smallest absolute Gasteiger partial charge is 0.416 e. The molecule has 0 spiro atoms. The molecule has 0 unspecified atom stereocenters. The van der Waals surface area contributed by atoms with Crippen molar-refractivity contribution in [3.05, 3.63) is 51.7 Å². The van der Waals surface area contributed by atoms with Gasteiger partial charge in [-0.15, -0.1) is 11.3 Å². The normalized spacial score (nSPS) is 12.9. The second kappa shape index (κ2) is 12.9. The number of aromatic nitrogens is 1. The third kappa shape index (κ3) is 8.71. The minimum absolute atomic E-state index is 0.182. The van der Waals surface area contributed by atoms with Crippen LogP contribution in [-0.4, -0.2) is 47.8 Å². The van der Waals surface area contributed by atoms with Crippen LogP contribution in [0.3, 0.4) is 0 Å². The van der Waals surface area contributed by atoms with E-state index in [-0.39, 0.29) is 6.54 Å². The standard InChI is InChI=1S/C25H35N5O4S/c1-8-23(29-21(17(2)26)13-27-12-19-15-35-16-28-19)30(24(31)34-25(3,4)5)14-18-9-10-20(32-6)11-22(18)33-7/h9-11,13,15-16H,8,12,14,26H2,1-7H3. The van der Waals surface area contributed by atoms with E-state index in [1.165, 1.54) is 16.2 Å². The molecule has 0 bridgehead atoms. The maximum atomic E-state index is 13.3. The fraction of sp³-hybridized carbons (Fsp3) is 0.440. The summed E-state index contributed by atoms with van der Waals surface area (Å²) < 4.78 is 16.5. The number of methoxy groups -OCH3 is 2. The molecule has 1 amide bonds. The summed E-state index contributed by atoms with van der Waals surface area (Å²) in [5.41, 5.74) is 9.76. The van der Waals surface area contributed by atoms with Gasteiger partial charge in [-0.1, -0.05) is 6.92 Å². The van der Waals surface area contributed by atoms with Gasteiger partial charge in [-0.2, -0.15) is 0 Å². The van der Waals surface area contributed by atoms with Gasteiger partial charge < -0.3 is 19.9 Å². The van der Waals surface area contributed by atoms with Crippen LogP contribution < -0.4 is 15.2 Å². The van der Waals surface area contributed by atoms with E-state index in [1.54, 1.807) is 38.9 Å². The van der Waals surface area contributed by atoms with Crippen LogP contribution in [0.2, 0.25) is 0 Å². The first-order valence-corrected chi connectivity index (χ1v) is 12.1. The van der Waals surface area contributed by atoms with E-state index in [0.29, 0.717) is 41.7 Å². The summed E-state index contributed by atoms with van der Waals surface area (Å²) in [7, 11) is 3.16. The van der Waals surface area contributed by atoms with Gasteiger partial charge in [0.25, 0.3) is 0 Å². The lowest BCUT2D eigenvalue weighted by Crippen LogP contribution is -2.40. The topological polar surface area (TPSA) is 112 Å². The summed E-state index contributed by atoms with van der Waals surface area (Å²) in [6.07, 6.45) is 1.53. The largest absolute Gasteiger partial charge is 0.497 e. The van der Waals surface area contributed by atoms with Crippen LogP contribution in [0.1, 0.15) is 52.3 Å². The number of hydrogen-bond donors (Lipinski definition) is 1. The van der Waals surface area contributed by atoms with Crippen molar-refractivity contribution in [1.82, 2.24) is 9.88 Å². The Bertz CT molecular complexity index is 1070. The third-order valence-electron chi connectivity index (χ3n) is 4.67. The molecule has 9 nitrogen and oxygen atoms in total. The van der Waals surface area contributed by atoms with Gasteiger partial charge in [0.2, 0.25) is 0 Å². The number of amides is 1. The van der Waals surface area contributed by atoms with Crippen LogP contribution in [0.15, 0.2) is 50.5 Å². The molecule has 2 aromatic rings. The molecule has 2 rings (SSSR count). The molecule has 1 aromatic carbocycles. The maximum Gasteiger partial charge on any atom is 0.416 e. The highest BCUT2D eigenvalue weighted by molar-refractivity contribution is 7.07. The first-order valence-electron chi connectivity index (χ1n) is 11.2. The summed E-state index contributed by atoms with van der Waals surface area (Å²) in [5, 5.41) is 1.93. The number of rotatable bonds is 9. The van der Waals surface area contributed by atoms with Crippen LogP contribution in [-0.2, 0) is 17.8 Å². The van der Waals surface area contributed by atoms with Gasteiger partial charge in [0.15, 0.2) is 0 Å². The molecule has 10 heteroatoms. The van der Waals surface area contributed by atoms with Crippen molar-refractivity contribution in [2.45, 2.75) is 59.7 Å². The van der Waals surface area contributed by atoms with E-state index >= 15 is 0 Å². The molecular formula is C25H35N5O4S. The number of amidine groups is 1. The van der Waals surface area contributed by atoms with Crippen molar-refractivity contribution < 1.29 is 19.0 Å². The lowest BCUT2D eigenvalue weighted by atomic mass is 10.1. The Morgan fingerprint density at radius 1 is 1.26 bits per heavy atom. The van der Waals surface area contributed by atoms with Crippen molar-refractivity contribution >= 4 is 29.5 Å². The Hall–Kier alpha value is -3.40. The molecule has 0 radical (unpaired) electrons. The minimum Gasteiger partial charge on any atom is -0.497 e. The second-order valence-corrected chi connectivity index (χ2v) is 9.36. The van der Waals surface area contributed by atoms with Gasteiger partial charge in [0.1, 0.15) is 28.6 Å². The molecule has 0 saturated carbocycles. The quantitative estimate of drug-likeness (QED) is 0.375. The molecule has 190 valence electrons. The molecule has 0 aliphatic carbocycles. The molecule has 0 saturated heterocycles. The van der Waals surface area contributed by atoms with E-state index < -0.39 is 11.7 Å². The fourth-order valence-electron chi connectivity index (χ4n) is 2.96. The molecule has 0 aliphatic rings. The maximum absolute atomic E-state index is 13.3. The van der Waals surface area contributed by atoms with E-state index in [4.69, 9.17) is 24.9 Å². The molecule has 1 heterocycles. The summed E-state index contributed by atoms with van der Waals surface area (Å²) in [4.78, 5) is 28.1. The van der Waals surface area contributed by atoms with Crippen LogP contribution in [0.5, 0.6) is 11.5 Å². The predicted octanol–water partition coefficient (Wildman–Crippen LogP) is 5.17. The summed E-state index contributed by atoms with van der Waals surface area (Å²) in [5.74, 6) is 1.72. The first-order chi connectivity index (χ1) is 16.6. The Labute approximate surface area is 211 Å². The first kappa shape index (κ1) is 27.8. The molecule has 0 fully saturated rings. The number of nitrogens with zero attached hydrogens (tertiary/aromatic N) is 4. The van der Waals surface area contributed by atoms with Crippen LogP contribution >= 0.6 is 11.3 Å². The number of ether oxygens (including phenoxy) is 3. The molecule has 2 N–H and O–H groups in total. The van der Waals surface area contributed by atoms with Crippen molar-refractivity contribution in [2.24, 2.45) is 15.7 Å². The van der Waals surface area contributed by atoms with Crippen molar-refractivity contribution in [1.29, 1.82) is 0 Å². The number of aliphatic imine (C=N–C) groups is 2. The highest BCUT2D eigenvalue weighted by Gasteiger charge is 2.27. The van der Waals surface area contributed by atoms with Gasteiger partial charge in [-0.05, 0) is 39.8 Å². The highest BCUT2D eigenvalue weighted by atomic mass is 32.1. The summed E-state index contributed by atoms with van der Waals surface area (Å²) in [6, 6.07) is 5.43. The highest BCUT2D eigenvalue weighted by Crippen LogP contribution is 2.27. The number of thiazole rings is 1. The van der Waals surface area contributed by atoms with Gasteiger partial charge in [0.05, 0.1) is 38.5 Å². The summed E-state index contributed by atoms with van der Waals surface area (Å²) in [6.45, 7) is 9.71. The van der Waals surface area contributed by atoms with Gasteiger partial charge >= 0.3 is 6.09 Å². The molecule has 0 aliphatic heterocycles. The van der Waals surface area contributed by atoms with E-state index in [0.717, 1.165) is 11.3 Å². The minimum atomic E-state index is -0.685. The van der Waals surface area contributed by atoms with Crippen molar-refractivity contribution in [3.63, 3.8) is 0 Å². The molecule has 0 atom stereocenters. The molecule has 1 aromatic heterocycles. The summed E-state index contributed by atoms with van der Waals surface area (Å²) >= 11 is 1.51. The van der Waals surface area contributed by atoms with Crippen molar-refractivity contribution in [3.8, 4) is 11.5 Å². The average Bonchev–Trinajstić information content (AvgIpc) is 3.32. The monoisotopic (exact) mass is 501 g/mol. The Morgan fingerprint density at radius 3 is 2.54 bits per heavy atom. The van der Waals surface area contributed by atoms with Gasteiger partial charge in [0, 0.05) is 35.3 Å². The SMILES string of the molecule is CCC(=NC(C=NCc1cscn1)=C(C)N)N(Cc1ccc(OC)cc1OC)C(=O)OC(C)(C)C. The molecular weight excluding hydrogens is 466 g/mol. The third-order valence-corrected chi connectivity index (χ3v) is 5.30. The Morgan fingerprint density at radius 2 is 2.00 bits per heavy atom. The average molecular weight is 502 g/mol. The van der Waals surface area contributed by atoms with Gasteiger partial charge in [-0.3, -0.25) is 9.89 Å². The zero-order valence-electron chi connectivity index (χ0n) is 21.5.